The Hall–Kier alpha value is 0.531. The van der Waals surface area contributed by atoms with E-state index in [1.54, 1.807) is 0 Å². The van der Waals surface area contributed by atoms with Crippen LogP contribution >= 0.6 is 0 Å². The number of hydrogen-bond acceptors (Lipinski definition) is 3. The third-order valence-electron chi connectivity index (χ3n) is 11.0. The molecule has 6 heteroatoms. The van der Waals surface area contributed by atoms with Crippen molar-refractivity contribution in [1.82, 2.24) is 0 Å². The van der Waals surface area contributed by atoms with E-state index in [1.165, 1.54) is 57.8 Å². The first-order valence-electron chi connectivity index (χ1n) is 15.4. The molecule has 0 aromatic carbocycles. The van der Waals surface area contributed by atoms with Crippen LogP contribution in [-0.2, 0) is 13.3 Å². The molecule has 210 valence electrons. The van der Waals surface area contributed by atoms with E-state index in [4.69, 9.17) is 13.3 Å². The van der Waals surface area contributed by atoms with E-state index in [1.807, 2.05) is 0 Å². The smallest absolute Gasteiger partial charge is 0.184 e. The first-order valence-corrected chi connectivity index (χ1v) is 25.6. The van der Waals surface area contributed by atoms with Crippen molar-refractivity contribution >= 4 is 25.0 Å². The van der Waals surface area contributed by atoms with Gasteiger partial charge in [-0.3, -0.25) is 0 Å². The van der Waals surface area contributed by atoms with Gasteiger partial charge in [0.25, 0.3) is 0 Å². The van der Waals surface area contributed by atoms with Crippen molar-refractivity contribution in [2.24, 2.45) is 34.5 Å². The number of fused-ring (bicyclic) bond motifs is 5. The van der Waals surface area contributed by atoms with Crippen molar-refractivity contribution in [3.05, 3.63) is 0 Å². The van der Waals surface area contributed by atoms with Gasteiger partial charge < -0.3 is 13.3 Å². The molecule has 3 nitrogen and oxygen atoms in total. The average Bonchev–Trinajstić information content (AvgIpc) is 2.98. The molecule has 4 rings (SSSR count). The maximum absolute atomic E-state index is 7.36. The molecule has 0 unspecified atom stereocenters. The molecular formula is C30H60O3Si3. The molecule has 9 atom stereocenters. The standard InChI is InChI=1S/C30H60O3Si3/c1-22(31-34(4,5)6)30(33-36(10,11)12)20-17-27-25-14-13-23-21-24(32-35(7,8)9)15-18-28(23,2)26(25)16-19-29(27,30)3/h22-27H,13-21H2,1-12H3/t22-,23-,24+,25+,26-,27-,28-,29-,30-/m0/s1. The van der Waals surface area contributed by atoms with Crippen molar-refractivity contribution in [3.8, 4) is 0 Å². The molecule has 0 aromatic heterocycles. The molecule has 0 radical (unpaired) electrons. The normalized spacial score (nSPS) is 44.5. The molecule has 4 aliphatic carbocycles. The summed E-state index contributed by atoms with van der Waals surface area (Å²) in [4.78, 5) is 0. The SMILES string of the molecule is C[C@H](O[Si](C)(C)C)[C@@]1(O[Si](C)(C)C)CC[C@H]2[C@@H]3CC[C@H]4C[C@H](O[Si](C)(C)C)CC[C@]4(C)[C@H]3CC[C@@]21C. The minimum Gasteiger partial charge on any atom is -0.415 e. The van der Waals surface area contributed by atoms with E-state index < -0.39 is 25.0 Å². The lowest BCUT2D eigenvalue weighted by Gasteiger charge is -2.63. The molecule has 4 aliphatic rings. The molecule has 0 bridgehead atoms. The molecule has 0 saturated heterocycles. The Kier molecular flexibility index (Phi) is 7.85. The lowest BCUT2D eigenvalue weighted by Crippen LogP contribution is -2.63. The van der Waals surface area contributed by atoms with E-state index in [0.717, 1.165) is 23.7 Å². The van der Waals surface area contributed by atoms with Crippen LogP contribution < -0.4 is 0 Å². The minimum atomic E-state index is -1.75. The van der Waals surface area contributed by atoms with Gasteiger partial charge in [0.15, 0.2) is 25.0 Å². The van der Waals surface area contributed by atoms with Crippen molar-refractivity contribution in [2.45, 2.75) is 155 Å². The Morgan fingerprint density at radius 2 is 1.33 bits per heavy atom. The summed E-state index contributed by atoms with van der Waals surface area (Å²) in [7, 11) is -4.88. The molecule has 4 fully saturated rings. The first-order chi connectivity index (χ1) is 16.3. The fourth-order valence-corrected chi connectivity index (χ4v) is 14.0. The van der Waals surface area contributed by atoms with E-state index in [2.05, 4.69) is 79.7 Å². The van der Waals surface area contributed by atoms with Gasteiger partial charge in [0, 0.05) is 11.5 Å². The topological polar surface area (TPSA) is 27.7 Å². The van der Waals surface area contributed by atoms with Gasteiger partial charge >= 0.3 is 0 Å². The van der Waals surface area contributed by atoms with Crippen molar-refractivity contribution < 1.29 is 13.3 Å². The van der Waals surface area contributed by atoms with Crippen LogP contribution in [0.3, 0.4) is 0 Å². The Morgan fingerprint density at radius 1 is 0.694 bits per heavy atom. The van der Waals surface area contributed by atoms with Gasteiger partial charge in [-0.1, -0.05) is 13.8 Å². The van der Waals surface area contributed by atoms with E-state index in [9.17, 15) is 0 Å². The van der Waals surface area contributed by atoms with Gasteiger partial charge in [0.2, 0.25) is 0 Å². The fourth-order valence-electron chi connectivity index (χ4n) is 9.95. The van der Waals surface area contributed by atoms with Gasteiger partial charge in [-0.05, 0) is 153 Å². The predicted molar refractivity (Wildman–Crippen MR) is 161 cm³/mol. The Labute approximate surface area is 227 Å². The maximum atomic E-state index is 7.36. The summed E-state index contributed by atoms with van der Waals surface area (Å²) in [5, 5.41) is 0. The van der Waals surface area contributed by atoms with Crippen LogP contribution in [-0.4, -0.2) is 42.8 Å². The summed E-state index contributed by atoms with van der Waals surface area (Å²) in [5.41, 5.74) is 0.623. The highest BCUT2D eigenvalue weighted by Crippen LogP contribution is 2.70. The quantitative estimate of drug-likeness (QED) is 0.295. The summed E-state index contributed by atoms with van der Waals surface area (Å²) in [6.45, 7) is 29.0. The molecular weight excluding hydrogens is 493 g/mol. The molecule has 0 amide bonds. The third kappa shape index (κ3) is 5.43. The van der Waals surface area contributed by atoms with Gasteiger partial charge in [-0.25, -0.2) is 0 Å². The van der Waals surface area contributed by atoms with Gasteiger partial charge in [0.05, 0.1) is 11.7 Å². The molecule has 0 spiro atoms. The third-order valence-corrected chi connectivity index (χ3v) is 14.1. The number of hydrogen-bond donors (Lipinski definition) is 0. The molecule has 4 saturated carbocycles. The maximum Gasteiger partial charge on any atom is 0.184 e. The molecule has 0 heterocycles. The Morgan fingerprint density at radius 3 is 1.92 bits per heavy atom. The predicted octanol–water partition coefficient (Wildman–Crippen LogP) is 9.08. The zero-order valence-electron chi connectivity index (χ0n) is 26.1. The van der Waals surface area contributed by atoms with Crippen molar-refractivity contribution in [2.75, 3.05) is 0 Å². The minimum absolute atomic E-state index is 0.117. The highest BCUT2D eigenvalue weighted by molar-refractivity contribution is 6.70. The highest BCUT2D eigenvalue weighted by Gasteiger charge is 2.67. The lowest BCUT2D eigenvalue weighted by molar-refractivity contribution is -0.175. The molecule has 0 N–H and O–H groups in total. The summed E-state index contributed by atoms with van der Waals surface area (Å²) < 4.78 is 20.9. The van der Waals surface area contributed by atoms with Gasteiger partial charge in [-0.2, -0.15) is 0 Å². The molecule has 36 heavy (non-hydrogen) atoms. The van der Waals surface area contributed by atoms with Crippen LogP contribution in [0.4, 0.5) is 0 Å². The largest absolute Gasteiger partial charge is 0.415 e. The van der Waals surface area contributed by atoms with Gasteiger partial charge in [0.1, 0.15) is 0 Å². The summed E-state index contributed by atoms with van der Waals surface area (Å²) in [6, 6.07) is 0. The number of rotatable bonds is 7. The second-order valence-corrected chi connectivity index (χ2v) is 30.1. The fraction of sp³-hybridized carbons (Fsp3) is 1.00. The zero-order chi connectivity index (χ0) is 26.9. The van der Waals surface area contributed by atoms with Crippen molar-refractivity contribution in [1.29, 1.82) is 0 Å². The van der Waals surface area contributed by atoms with E-state index >= 15 is 0 Å². The van der Waals surface area contributed by atoms with E-state index in [-0.39, 0.29) is 17.1 Å². The second-order valence-electron chi connectivity index (χ2n) is 16.8. The van der Waals surface area contributed by atoms with E-state index in [0.29, 0.717) is 11.5 Å². The van der Waals surface area contributed by atoms with Crippen LogP contribution in [0.15, 0.2) is 0 Å². The highest BCUT2D eigenvalue weighted by atomic mass is 28.4. The van der Waals surface area contributed by atoms with Crippen LogP contribution in [0.25, 0.3) is 0 Å². The van der Waals surface area contributed by atoms with Crippen LogP contribution in [0.1, 0.15) is 78.6 Å². The summed E-state index contributed by atoms with van der Waals surface area (Å²) >= 11 is 0. The lowest BCUT2D eigenvalue weighted by atomic mass is 9.44. The summed E-state index contributed by atoms with van der Waals surface area (Å²) in [6.07, 6.45) is 12.8. The van der Waals surface area contributed by atoms with Crippen LogP contribution in [0, 0.1) is 34.5 Å². The zero-order valence-corrected chi connectivity index (χ0v) is 29.1. The first kappa shape index (κ1) is 29.5. The van der Waals surface area contributed by atoms with Crippen molar-refractivity contribution in [3.63, 3.8) is 0 Å². The Bertz CT molecular complexity index is 799. The molecule has 0 aromatic rings. The molecule has 0 aliphatic heterocycles. The average molecular weight is 553 g/mol. The second kappa shape index (κ2) is 9.57. The van der Waals surface area contributed by atoms with Crippen LogP contribution in [0.2, 0.25) is 58.9 Å². The Balaban J connectivity index is 1.59. The van der Waals surface area contributed by atoms with Gasteiger partial charge in [-0.15, -0.1) is 0 Å². The monoisotopic (exact) mass is 552 g/mol. The van der Waals surface area contributed by atoms with Crippen LogP contribution in [0.5, 0.6) is 0 Å². The summed E-state index contributed by atoms with van der Waals surface area (Å²) in [5.74, 6) is 3.40.